The van der Waals surface area contributed by atoms with E-state index < -0.39 is 9.84 Å². The Labute approximate surface area is 148 Å². The second-order valence-corrected chi connectivity index (χ2v) is 9.65. The SMILES string of the molecule is Cc1cc2oc(=O)cc(CN(C)[C@@H]3CCS(=O)(=O)C3)c2cc1C(C)C. The lowest BCUT2D eigenvalue weighted by molar-refractivity contribution is 0.254. The lowest BCUT2D eigenvalue weighted by Gasteiger charge is -2.23. The molecule has 136 valence electrons. The minimum Gasteiger partial charge on any atom is -0.423 e. The molecule has 1 atom stereocenters. The fourth-order valence-electron chi connectivity index (χ4n) is 3.67. The van der Waals surface area contributed by atoms with Crippen molar-refractivity contribution in [2.45, 2.75) is 45.7 Å². The molecule has 1 aromatic carbocycles. The average Bonchev–Trinajstić information content (AvgIpc) is 2.86. The fourth-order valence-corrected chi connectivity index (χ4v) is 5.47. The van der Waals surface area contributed by atoms with Crippen molar-refractivity contribution in [3.05, 3.63) is 45.3 Å². The molecule has 6 heteroatoms. The summed E-state index contributed by atoms with van der Waals surface area (Å²) in [7, 11) is -1.01. The first-order chi connectivity index (χ1) is 11.7. The van der Waals surface area contributed by atoms with Crippen LogP contribution in [0.5, 0.6) is 0 Å². The number of rotatable bonds is 4. The van der Waals surface area contributed by atoms with E-state index in [1.807, 2.05) is 24.9 Å². The maximum Gasteiger partial charge on any atom is 0.336 e. The zero-order valence-electron chi connectivity index (χ0n) is 15.2. The zero-order valence-corrected chi connectivity index (χ0v) is 16.0. The summed E-state index contributed by atoms with van der Waals surface area (Å²) in [5.41, 5.74) is 3.45. The molecule has 25 heavy (non-hydrogen) atoms. The number of sulfone groups is 1. The number of hydrogen-bond acceptors (Lipinski definition) is 5. The Bertz CT molecular complexity index is 959. The van der Waals surface area contributed by atoms with Crippen LogP contribution in [0.1, 0.15) is 42.9 Å². The van der Waals surface area contributed by atoms with Gasteiger partial charge in [-0.3, -0.25) is 4.90 Å². The monoisotopic (exact) mass is 363 g/mol. The van der Waals surface area contributed by atoms with Gasteiger partial charge in [0.05, 0.1) is 11.5 Å². The molecule has 1 fully saturated rings. The van der Waals surface area contributed by atoms with Gasteiger partial charge in [0.15, 0.2) is 9.84 Å². The molecule has 0 aliphatic carbocycles. The predicted molar refractivity (Wildman–Crippen MR) is 99.8 cm³/mol. The van der Waals surface area contributed by atoms with Gasteiger partial charge in [0.2, 0.25) is 0 Å². The second kappa shape index (κ2) is 6.57. The van der Waals surface area contributed by atoms with Crippen molar-refractivity contribution in [3.63, 3.8) is 0 Å². The topological polar surface area (TPSA) is 67.6 Å². The normalized spacial score (nSPS) is 20.0. The highest BCUT2D eigenvalue weighted by atomic mass is 32.2. The number of benzene rings is 1. The van der Waals surface area contributed by atoms with Crippen LogP contribution >= 0.6 is 0 Å². The molecule has 3 rings (SSSR count). The van der Waals surface area contributed by atoms with E-state index in [1.165, 1.54) is 11.6 Å². The molecule has 2 aromatic rings. The molecule has 0 amide bonds. The highest BCUT2D eigenvalue weighted by Crippen LogP contribution is 2.28. The van der Waals surface area contributed by atoms with Gasteiger partial charge >= 0.3 is 5.63 Å². The maximum absolute atomic E-state index is 12.0. The number of hydrogen-bond donors (Lipinski definition) is 0. The Kier molecular flexibility index (Phi) is 4.77. The predicted octanol–water partition coefficient (Wildman–Crippen LogP) is 2.84. The molecule has 0 N–H and O–H groups in total. The summed E-state index contributed by atoms with van der Waals surface area (Å²) in [6.45, 7) is 6.84. The van der Waals surface area contributed by atoms with Gasteiger partial charge in [-0.15, -0.1) is 0 Å². The van der Waals surface area contributed by atoms with Crippen LogP contribution in [0.25, 0.3) is 11.0 Å². The average molecular weight is 363 g/mol. The Morgan fingerprint density at radius 1 is 1.28 bits per heavy atom. The Balaban J connectivity index is 2.00. The molecular formula is C19H25NO4S. The number of fused-ring (bicyclic) bond motifs is 1. The number of nitrogens with zero attached hydrogens (tertiary/aromatic N) is 1. The summed E-state index contributed by atoms with van der Waals surface area (Å²) in [5.74, 6) is 0.817. The van der Waals surface area contributed by atoms with E-state index in [0.29, 0.717) is 24.5 Å². The van der Waals surface area contributed by atoms with Crippen LogP contribution in [0.2, 0.25) is 0 Å². The Morgan fingerprint density at radius 2 is 2.00 bits per heavy atom. The summed E-state index contributed by atoms with van der Waals surface area (Å²) in [4.78, 5) is 14.0. The summed E-state index contributed by atoms with van der Waals surface area (Å²) in [6, 6.07) is 5.56. The summed E-state index contributed by atoms with van der Waals surface area (Å²) in [5, 5.41) is 0.932. The van der Waals surface area contributed by atoms with Crippen LogP contribution in [0, 0.1) is 6.92 Å². The van der Waals surface area contributed by atoms with E-state index in [9.17, 15) is 13.2 Å². The molecule has 0 saturated carbocycles. The molecular weight excluding hydrogens is 338 g/mol. The van der Waals surface area contributed by atoms with E-state index in [2.05, 4.69) is 19.9 Å². The number of aryl methyl sites for hydroxylation is 1. The molecule has 0 unspecified atom stereocenters. The van der Waals surface area contributed by atoms with Crippen LogP contribution in [0.4, 0.5) is 0 Å². The quantitative estimate of drug-likeness (QED) is 0.782. The summed E-state index contributed by atoms with van der Waals surface area (Å²) in [6.07, 6.45) is 0.647. The third kappa shape index (κ3) is 3.80. The van der Waals surface area contributed by atoms with E-state index in [0.717, 1.165) is 16.5 Å². The van der Waals surface area contributed by atoms with Crippen LogP contribution in [0.3, 0.4) is 0 Å². The fraction of sp³-hybridized carbons (Fsp3) is 0.526. The van der Waals surface area contributed by atoms with Crippen molar-refractivity contribution in [2.24, 2.45) is 0 Å². The third-order valence-electron chi connectivity index (χ3n) is 5.09. The minimum absolute atomic E-state index is 0.00214. The van der Waals surface area contributed by atoms with E-state index in [1.54, 1.807) is 0 Å². The molecule has 1 aromatic heterocycles. The Hall–Kier alpha value is -1.66. The van der Waals surface area contributed by atoms with Gasteiger partial charge in [-0.05, 0) is 55.1 Å². The molecule has 1 aliphatic rings. The highest BCUT2D eigenvalue weighted by molar-refractivity contribution is 7.91. The van der Waals surface area contributed by atoms with Gasteiger partial charge in [-0.25, -0.2) is 13.2 Å². The molecule has 5 nitrogen and oxygen atoms in total. The molecule has 2 heterocycles. The molecule has 0 bridgehead atoms. The third-order valence-corrected chi connectivity index (χ3v) is 6.84. The van der Waals surface area contributed by atoms with Crippen LogP contribution in [-0.2, 0) is 16.4 Å². The lowest BCUT2D eigenvalue weighted by atomic mass is 9.94. The van der Waals surface area contributed by atoms with Crippen molar-refractivity contribution < 1.29 is 12.8 Å². The van der Waals surface area contributed by atoms with Crippen molar-refractivity contribution in [2.75, 3.05) is 18.6 Å². The van der Waals surface area contributed by atoms with Gasteiger partial charge in [-0.1, -0.05) is 13.8 Å². The zero-order chi connectivity index (χ0) is 18.4. The standard InChI is InChI=1S/C19H25NO4S/c1-12(2)16-9-17-14(8-19(21)24-18(17)7-13(16)3)10-20(4)15-5-6-25(22,23)11-15/h7-9,12,15H,5-6,10-11H2,1-4H3/t15-/m1/s1. The minimum atomic E-state index is -2.93. The highest BCUT2D eigenvalue weighted by Gasteiger charge is 2.30. The first-order valence-corrected chi connectivity index (χ1v) is 10.5. The van der Waals surface area contributed by atoms with Gasteiger partial charge in [-0.2, -0.15) is 0 Å². The first kappa shape index (κ1) is 18.1. The van der Waals surface area contributed by atoms with Gasteiger partial charge < -0.3 is 4.42 Å². The molecule has 0 spiro atoms. The lowest BCUT2D eigenvalue weighted by Crippen LogP contribution is -2.32. The van der Waals surface area contributed by atoms with Crippen molar-refractivity contribution in [1.82, 2.24) is 4.90 Å². The largest absolute Gasteiger partial charge is 0.423 e. The van der Waals surface area contributed by atoms with Crippen LogP contribution in [-0.4, -0.2) is 37.9 Å². The van der Waals surface area contributed by atoms with Gasteiger partial charge in [0.25, 0.3) is 0 Å². The van der Waals surface area contributed by atoms with Gasteiger partial charge in [0, 0.05) is 24.0 Å². The van der Waals surface area contributed by atoms with Crippen LogP contribution in [0.15, 0.2) is 27.4 Å². The first-order valence-electron chi connectivity index (χ1n) is 8.64. The van der Waals surface area contributed by atoms with Crippen LogP contribution < -0.4 is 5.63 Å². The molecule has 1 saturated heterocycles. The van der Waals surface area contributed by atoms with Gasteiger partial charge in [0.1, 0.15) is 5.58 Å². The maximum atomic E-state index is 12.0. The Morgan fingerprint density at radius 3 is 2.60 bits per heavy atom. The second-order valence-electron chi connectivity index (χ2n) is 7.42. The smallest absolute Gasteiger partial charge is 0.336 e. The van der Waals surface area contributed by atoms with Crippen molar-refractivity contribution in [3.8, 4) is 0 Å². The van der Waals surface area contributed by atoms with E-state index >= 15 is 0 Å². The molecule has 0 radical (unpaired) electrons. The summed E-state index contributed by atoms with van der Waals surface area (Å²) >= 11 is 0. The molecule has 1 aliphatic heterocycles. The van der Waals surface area contributed by atoms with Crippen molar-refractivity contribution in [1.29, 1.82) is 0 Å². The van der Waals surface area contributed by atoms with Crippen molar-refractivity contribution >= 4 is 20.8 Å². The van der Waals surface area contributed by atoms with E-state index in [-0.39, 0.29) is 23.2 Å². The summed E-state index contributed by atoms with van der Waals surface area (Å²) < 4.78 is 28.8. The van der Waals surface area contributed by atoms with E-state index in [4.69, 9.17) is 4.42 Å².